The molecular weight excluding hydrogens is 313 g/mol. The number of carbonyl (C=O) groups is 1. The Hall–Kier alpha value is -1.98. The molecule has 1 heterocycles. The SMILES string of the molecule is Cc1cc(Cl)nc(Cl)c1NC(=O)COc1ccc(N)cc1. The molecule has 0 radical (unpaired) electrons. The zero-order valence-electron chi connectivity index (χ0n) is 11.2. The summed E-state index contributed by atoms with van der Waals surface area (Å²) in [4.78, 5) is 15.7. The lowest BCUT2D eigenvalue weighted by molar-refractivity contribution is -0.118. The Morgan fingerprint density at radius 1 is 1.33 bits per heavy atom. The first-order valence-corrected chi connectivity index (χ1v) is 6.82. The van der Waals surface area contributed by atoms with Gasteiger partial charge in [0.15, 0.2) is 11.8 Å². The number of aromatic nitrogens is 1. The Balaban J connectivity index is 1.97. The van der Waals surface area contributed by atoms with Gasteiger partial charge in [-0.1, -0.05) is 23.2 Å². The molecule has 0 aliphatic heterocycles. The molecule has 1 aromatic carbocycles. The van der Waals surface area contributed by atoms with E-state index in [1.165, 1.54) is 0 Å². The Bertz CT molecular complexity index is 637. The molecule has 0 fully saturated rings. The first-order valence-electron chi connectivity index (χ1n) is 6.06. The number of nitrogens with one attached hydrogen (secondary N) is 1. The highest BCUT2D eigenvalue weighted by atomic mass is 35.5. The molecule has 0 aliphatic carbocycles. The van der Waals surface area contributed by atoms with Gasteiger partial charge in [-0.25, -0.2) is 4.98 Å². The molecule has 0 aliphatic rings. The zero-order chi connectivity index (χ0) is 15.4. The summed E-state index contributed by atoms with van der Waals surface area (Å²) in [6.45, 7) is 1.62. The zero-order valence-corrected chi connectivity index (χ0v) is 12.7. The standard InChI is InChI=1S/C14H13Cl2N3O2/c1-8-6-11(15)18-14(16)13(8)19-12(20)7-21-10-4-2-9(17)3-5-10/h2-6H,7,17H2,1H3,(H,19,20). The number of halogens is 2. The van der Waals surface area contributed by atoms with Crippen molar-refractivity contribution in [3.63, 3.8) is 0 Å². The molecule has 1 amide bonds. The van der Waals surface area contributed by atoms with E-state index >= 15 is 0 Å². The van der Waals surface area contributed by atoms with Gasteiger partial charge >= 0.3 is 0 Å². The number of carbonyl (C=O) groups excluding carboxylic acids is 1. The van der Waals surface area contributed by atoms with Crippen LogP contribution >= 0.6 is 23.2 Å². The van der Waals surface area contributed by atoms with Crippen LogP contribution in [0.1, 0.15) is 5.56 Å². The average Bonchev–Trinajstić information content (AvgIpc) is 2.42. The van der Waals surface area contributed by atoms with Crippen molar-refractivity contribution in [3.8, 4) is 5.75 Å². The quantitative estimate of drug-likeness (QED) is 0.667. The van der Waals surface area contributed by atoms with Gasteiger partial charge in [-0.3, -0.25) is 4.79 Å². The summed E-state index contributed by atoms with van der Waals surface area (Å²) in [5.41, 5.74) is 7.34. The maximum atomic E-state index is 11.9. The van der Waals surface area contributed by atoms with Crippen molar-refractivity contribution < 1.29 is 9.53 Å². The summed E-state index contributed by atoms with van der Waals surface area (Å²) in [6.07, 6.45) is 0. The molecule has 3 N–H and O–H groups in total. The van der Waals surface area contributed by atoms with E-state index in [9.17, 15) is 4.79 Å². The van der Waals surface area contributed by atoms with Gasteiger partial charge < -0.3 is 15.8 Å². The van der Waals surface area contributed by atoms with Gasteiger partial charge in [0, 0.05) is 5.69 Å². The largest absolute Gasteiger partial charge is 0.484 e. The van der Waals surface area contributed by atoms with Crippen LogP contribution in [0, 0.1) is 6.92 Å². The normalized spacial score (nSPS) is 10.2. The fourth-order valence-electron chi connectivity index (χ4n) is 1.63. The molecular formula is C14H13Cl2N3O2. The number of nitrogen functional groups attached to an aromatic ring is 1. The second-order valence-corrected chi connectivity index (χ2v) is 5.08. The van der Waals surface area contributed by atoms with E-state index in [1.807, 2.05) is 0 Å². The van der Waals surface area contributed by atoms with Crippen LogP contribution in [0.2, 0.25) is 10.3 Å². The molecule has 0 spiro atoms. The molecule has 0 saturated carbocycles. The summed E-state index contributed by atoms with van der Waals surface area (Å²) in [5, 5.41) is 3.06. The highest BCUT2D eigenvalue weighted by Crippen LogP contribution is 2.26. The Morgan fingerprint density at radius 3 is 2.62 bits per heavy atom. The summed E-state index contributed by atoms with van der Waals surface area (Å²) in [6, 6.07) is 8.37. The van der Waals surface area contributed by atoms with Gasteiger partial charge in [0.1, 0.15) is 10.9 Å². The van der Waals surface area contributed by atoms with Crippen molar-refractivity contribution in [3.05, 3.63) is 46.2 Å². The van der Waals surface area contributed by atoms with E-state index in [-0.39, 0.29) is 22.8 Å². The minimum atomic E-state index is -0.346. The number of pyridine rings is 1. The lowest BCUT2D eigenvalue weighted by Gasteiger charge is -2.11. The first-order chi connectivity index (χ1) is 9.95. The number of rotatable bonds is 4. The number of nitrogens with zero attached hydrogens (tertiary/aromatic N) is 1. The van der Waals surface area contributed by atoms with Crippen molar-refractivity contribution in [2.45, 2.75) is 6.92 Å². The number of aryl methyl sites for hydroxylation is 1. The Morgan fingerprint density at radius 2 is 2.00 bits per heavy atom. The molecule has 1 aromatic heterocycles. The molecule has 110 valence electrons. The Labute approximate surface area is 132 Å². The fourth-order valence-corrected chi connectivity index (χ4v) is 2.21. The minimum absolute atomic E-state index is 0.140. The third-order valence-corrected chi connectivity index (χ3v) is 3.12. The number of amides is 1. The van der Waals surface area contributed by atoms with Crippen LogP contribution in [0.15, 0.2) is 30.3 Å². The van der Waals surface area contributed by atoms with E-state index in [0.29, 0.717) is 17.1 Å². The molecule has 2 aromatic rings. The lowest BCUT2D eigenvalue weighted by Crippen LogP contribution is -2.21. The smallest absolute Gasteiger partial charge is 0.262 e. The van der Waals surface area contributed by atoms with Gasteiger partial charge in [-0.05, 0) is 42.8 Å². The highest BCUT2D eigenvalue weighted by Gasteiger charge is 2.11. The third kappa shape index (κ3) is 4.24. The van der Waals surface area contributed by atoms with Crippen LogP contribution in [0.25, 0.3) is 0 Å². The third-order valence-electron chi connectivity index (χ3n) is 2.66. The number of anilines is 2. The molecule has 0 saturated heterocycles. The maximum absolute atomic E-state index is 11.9. The van der Waals surface area contributed by atoms with E-state index in [2.05, 4.69) is 10.3 Å². The highest BCUT2D eigenvalue weighted by molar-refractivity contribution is 6.34. The predicted molar refractivity (Wildman–Crippen MR) is 84.0 cm³/mol. The number of hydrogen-bond donors (Lipinski definition) is 2. The van der Waals surface area contributed by atoms with Gasteiger partial charge in [0.2, 0.25) is 0 Å². The minimum Gasteiger partial charge on any atom is -0.484 e. The monoisotopic (exact) mass is 325 g/mol. The van der Waals surface area contributed by atoms with Crippen molar-refractivity contribution in [1.82, 2.24) is 4.98 Å². The van der Waals surface area contributed by atoms with Crippen molar-refractivity contribution in [2.75, 3.05) is 17.7 Å². The molecule has 0 bridgehead atoms. The van der Waals surface area contributed by atoms with Gasteiger partial charge in [-0.2, -0.15) is 0 Å². The van der Waals surface area contributed by atoms with E-state index in [4.69, 9.17) is 33.7 Å². The van der Waals surface area contributed by atoms with Crippen LogP contribution < -0.4 is 15.8 Å². The van der Waals surface area contributed by atoms with Crippen LogP contribution in [0.4, 0.5) is 11.4 Å². The number of nitrogens with two attached hydrogens (primary N) is 1. The van der Waals surface area contributed by atoms with Gasteiger partial charge in [0.25, 0.3) is 5.91 Å². The number of ether oxygens (including phenoxy) is 1. The second-order valence-electron chi connectivity index (χ2n) is 4.33. The number of benzene rings is 1. The fraction of sp³-hybridized carbons (Fsp3) is 0.143. The molecule has 7 heteroatoms. The second kappa shape index (κ2) is 6.65. The van der Waals surface area contributed by atoms with Crippen LogP contribution in [0.5, 0.6) is 5.75 Å². The van der Waals surface area contributed by atoms with Crippen LogP contribution in [0.3, 0.4) is 0 Å². The van der Waals surface area contributed by atoms with Crippen molar-refractivity contribution >= 4 is 40.5 Å². The number of hydrogen-bond acceptors (Lipinski definition) is 4. The Kier molecular flexibility index (Phi) is 4.88. The van der Waals surface area contributed by atoms with Crippen LogP contribution in [-0.4, -0.2) is 17.5 Å². The summed E-state index contributed by atoms with van der Waals surface area (Å²) < 4.78 is 5.34. The van der Waals surface area contributed by atoms with Crippen molar-refractivity contribution in [2.24, 2.45) is 0 Å². The molecule has 5 nitrogen and oxygen atoms in total. The van der Waals surface area contributed by atoms with E-state index in [0.717, 1.165) is 5.56 Å². The summed E-state index contributed by atoms with van der Waals surface area (Å²) in [7, 11) is 0. The molecule has 21 heavy (non-hydrogen) atoms. The van der Waals surface area contributed by atoms with E-state index < -0.39 is 0 Å². The summed E-state index contributed by atoms with van der Waals surface area (Å²) >= 11 is 11.7. The average molecular weight is 326 g/mol. The van der Waals surface area contributed by atoms with Crippen molar-refractivity contribution in [1.29, 1.82) is 0 Å². The van der Waals surface area contributed by atoms with Gasteiger partial charge in [0.05, 0.1) is 5.69 Å². The van der Waals surface area contributed by atoms with Gasteiger partial charge in [-0.15, -0.1) is 0 Å². The van der Waals surface area contributed by atoms with E-state index in [1.54, 1.807) is 37.3 Å². The molecule has 0 atom stereocenters. The molecule has 0 unspecified atom stereocenters. The first kappa shape index (κ1) is 15.4. The van der Waals surface area contributed by atoms with Crippen LogP contribution in [-0.2, 0) is 4.79 Å². The topological polar surface area (TPSA) is 77.2 Å². The predicted octanol–water partition coefficient (Wildman–Crippen LogP) is 3.30. The molecule has 2 rings (SSSR count). The maximum Gasteiger partial charge on any atom is 0.262 e. The lowest BCUT2D eigenvalue weighted by atomic mass is 10.2. The summed E-state index contributed by atoms with van der Waals surface area (Å²) in [5.74, 6) is 0.206.